The molecule has 2 aliphatic heterocycles. The van der Waals surface area contributed by atoms with E-state index < -0.39 is 0 Å². The highest BCUT2D eigenvalue weighted by molar-refractivity contribution is 7.99. The summed E-state index contributed by atoms with van der Waals surface area (Å²) in [6.07, 6.45) is 2.38. The number of nitrogens with two attached hydrogens (primary N) is 1. The van der Waals surface area contributed by atoms with E-state index >= 15 is 0 Å². The first-order valence-corrected chi connectivity index (χ1v) is 8.94. The zero-order valence-electron chi connectivity index (χ0n) is 12.8. The van der Waals surface area contributed by atoms with Gasteiger partial charge in [0.1, 0.15) is 0 Å². The van der Waals surface area contributed by atoms with Gasteiger partial charge in [-0.25, -0.2) is 0 Å². The van der Waals surface area contributed by atoms with Gasteiger partial charge < -0.3 is 20.4 Å². The first-order valence-electron chi connectivity index (χ1n) is 7.79. The summed E-state index contributed by atoms with van der Waals surface area (Å²) in [4.78, 5) is 11.7. The lowest BCUT2D eigenvalue weighted by molar-refractivity contribution is 0.152. The Bertz CT molecular complexity index is 296. The maximum Gasteiger partial charge on any atom is 0.191 e. The summed E-state index contributed by atoms with van der Waals surface area (Å²) >= 11 is 2.00. The molecule has 0 aromatic heterocycles. The minimum absolute atomic E-state index is 0.755. The molecule has 0 unspecified atom stereocenters. The van der Waals surface area contributed by atoms with E-state index in [0.717, 1.165) is 32.0 Å². The normalized spacial score (nSPS) is 23.2. The van der Waals surface area contributed by atoms with Crippen LogP contribution in [-0.2, 0) is 0 Å². The zero-order chi connectivity index (χ0) is 14.2. The van der Waals surface area contributed by atoms with Crippen molar-refractivity contribution < 1.29 is 0 Å². The highest BCUT2D eigenvalue weighted by Crippen LogP contribution is 2.08. The van der Waals surface area contributed by atoms with Crippen molar-refractivity contribution in [2.75, 3.05) is 70.9 Å². The Labute approximate surface area is 127 Å². The number of thioether (sulfide) groups is 1. The van der Waals surface area contributed by atoms with E-state index in [4.69, 9.17) is 5.73 Å². The Morgan fingerprint density at radius 2 is 1.75 bits per heavy atom. The Balaban J connectivity index is 1.54. The highest BCUT2D eigenvalue weighted by atomic mass is 32.2. The third-order valence-electron chi connectivity index (χ3n) is 4.09. The molecule has 0 amide bonds. The standard InChI is InChI=1S/C14H29N5S/c1-17-6-8-18(9-7-17)5-3-2-4-16-14(15)19-10-12-20-13-11-19/h2-13H2,1H3,(H2,15,16). The molecule has 2 heterocycles. The lowest BCUT2D eigenvalue weighted by Gasteiger charge is -2.32. The number of rotatable bonds is 5. The quantitative estimate of drug-likeness (QED) is 0.452. The van der Waals surface area contributed by atoms with Crippen LogP contribution in [0.15, 0.2) is 4.99 Å². The molecule has 0 spiro atoms. The van der Waals surface area contributed by atoms with E-state index in [1.807, 2.05) is 11.8 Å². The van der Waals surface area contributed by atoms with Gasteiger partial charge in [-0.3, -0.25) is 4.99 Å². The molecule has 116 valence electrons. The lowest BCUT2D eigenvalue weighted by atomic mass is 10.2. The summed E-state index contributed by atoms with van der Waals surface area (Å²) in [5.74, 6) is 3.11. The molecule has 0 radical (unpaired) electrons. The van der Waals surface area contributed by atoms with Gasteiger partial charge in [-0.2, -0.15) is 11.8 Å². The molecular formula is C14H29N5S. The van der Waals surface area contributed by atoms with Crippen molar-refractivity contribution in [1.82, 2.24) is 14.7 Å². The maximum atomic E-state index is 6.04. The predicted octanol–water partition coefficient (Wildman–Crippen LogP) is 0.378. The van der Waals surface area contributed by atoms with Gasteiger partial charge in [0.2, 0.25) is 0 Å². The first-order chi connectivity index (χ1) is 9.75. The van der Waals surface area contributed by atoms with Crippen LogP contribution in [0.3, 0.4) is 0 Å². The van der Waals surface area contributed by atoms with E-state index in [2.05, 4.69) is 26.7 Å². The van der Waals surface area contributed by atoms with Crippen LogP contribution in [0, 0.1) is 0 Å². The maximum absolute atomic E-state index is 6.04. The minimum Gasteiger partial charge on any atom is -0.370 e. The number of guanidine groups is 1. The predicted molar refractivity (Wildman–Crippen MR) is 88.6 cm³/mol. The molecule has 2 rings (SSSR count). The molecule has 0 bridgehead atoms. The second-order valence-electron chi connectivity index (χ2n) is 5.69. The Morgan fingerprint density at radius 3 is 2.45 bits per heavy atom. The molecule has 0 saturated carbocycles. The van der Waals surface area contributed by atoms with E-state index in [1.165, 1.54) is 50.7 Å². The van der Waals surface area contributed by atoms with Crippen molar-refractivity contribution in [3.63, 3.8) is 0 Å². The molecule has 0 atom stereocenters. The first kappa shape index (κ1) is 15.9. The molecule has 0 aliphatic carbocycles. The van der Waals surface area contributed by atoms with Gasteiger partial charge in [0.25, 0.3) is 0 Å². The average Bonchev–Trinajstić information content (AvgIpc) is 2.49. The fourth-order valence-corrected chi connectivity index (χ4v) is 3.51. The average molecular weight is 299 g/mol. The zero-order valence-corrected chi connectivity index (χ0v) is 13.6. The molecule has 2 saturated heterocycles. The Morgan fingerprint density at radius 1 is 1.05 bits per heavy atom. The highest BCUT2D eigenvalue weighted by Gasteiger charge is 2.13. The molecule has 6 heteroatoms. The van der Waals surface area contributed by atoms with Crippen LogP contribution < -0.4 is 5.73 Å². The summed E-state index contributed by atoms with van der Waals surface area (Å²) in [5.41, 5.74) is 6.04. The summed E-state index contributed by atoms with van der Waals surface area (Å²) in [6.45, 7) is 9.05. The second kappa shape index (κ2) is 8.74. The smallest absolute Gasteiger partial charge is 0.191 e. The van der Waals surface area contributed by atoms with Crippen molar-refractivity contribution in [1.29, 1.82) is 0 Å². The van der Waals surface area contributed by atoms with Crippen LogP contribution in [0.4, 0.5) is 0 Å². The van der Waals surface area contributed by atoms with Crippen LogP contribution in [0.5, 0.6) is 0 Å². The Hall–Kier alpha value is -0.460. The van der Waals surface area contributed by atoms with E-state index in [0.29, 0.717) is 0 Å². The van der Waals surface area contributed by atoms with Crippen LogP contribution in [0.25, 0.3) is 0 Å². The van der Waals surface area contributed by atoms with Crippen molar-refractivity contribution in [3.05, 3.63) is 0 Å². The summed E-state index contributed by atoms with van der Waals surface area (Å²) < 4.78 is 0. The van der Waals surface area contributed by atoms with Gasteiger partial charge in [-0.15, -0.1) is 0 Å². The van der Waals surface area contributed by atoms with Gasteiger partial charge in [0.15, 0.2) is 5.96 Å². The summed E-state index contributed by atoms with van der Waals surface area (Å²) in [6, 6.07) is 0. The number of likely N-dealkylation sites (N-methyl/N-ethyl adjacent to an activating group) is 1. The van der Waals surface area contributed by atoms with Gasteiger partial charge >= 0.3 is 0 Å². The van der Waals surface area contributed by atoms with Crippen LogP contribution in [0.2, 0.25) is 0 Å². The molecule has 0 aromatic carbocycles. The second-order valence-corrected chi connectivity index (χ2v) is 6.92. The molecular weight excluding hydrogens is 270 g/mol. The van der Waals surface area contributed by atoms with Gasteiger partial charge in [0, 0.05) is 57.3 Å². The van der Waals surface area contributed by atoms with E-state index in [9.17, 15) is 0 Å². The molecule has 0 aromatic rings. The summed E-state index contributed by atoms with van der Waals surface area (Å²) in [5, 5.41) is 0. The van der Waals surface area contributed by atoms with Crippen LogP contribution in [0.1, 0.15) is 12.8 Å². The number of unbranched alkanes of at least 4 members (excludes halogenated alkanes) is 1. The van der Waals surface area contributed by atoms with E-state index in [1.54, 1.807) is 0 Å². The number of hydrogen-bond donors (Lipinski definition) is 1. The largest absolute Gasteiger partial charge is 0.370 e. The van der Waals surface area contributed by atoms with E-state index in [-0.39, 0.29) is 0 Å². The molecule has 2 fully saturated rings. The number of piperazine rings is 1. The molecule has 5 nitrogen and oxygen atoms in total. The minimum atomic E-state index is 0.755. The summed E-state index contributed by atoms with van der Waals surface area (Å²) in [7, 11) is 2.20. The van der Waals surface area contributed by atoms with Crippen LogP contribution in [-0.4, -0.2) is 91.6 Å². The number of aliphatic imine (C=N–C) groups is 1. The number of hydrogen-bond acceptors (Lipinski definition) is 4. The van der Waals surface area contributed by atoms with Gasteiger partial charge in [0.05, 0.1) is 0 Å². The molecule has 20 heavy (non-hydrogen) atoms. The van der Waals surface area contributed by atoms with Crippen molar-refractivity contribution in [3.8, 4) is 0 Å². The SMILES string of the molecule is CN1CCN(CCCCN=C(N)N2CCSCC2)CC1. The lowest BCUT2D eigenvalue weighted by Crippen LogP contribution is -2.44. The monoisotopic (exact) mass is 299 g/mol. The third-order valence-corrected chi connectivity index (χ3v) is 5.03. The fraction of sp³-hybridized carbons (Fsp3) is 0.929. The third kappa shape index (κ3) is 5.50. The molecule has 2 aliphatic rings. The topological polar surface area (TPSA) is 48.1 Å². The Kier molecular flexibility index (Phi) is 6.96. The van der Waals surface area contributed by atoms with Crippen molar-refractivity contribution >= 4 is 17.7 Å². The van der Waals surface area contributed by atoms with Crippen molar-refractivity contribution in [2.24, 2.45) is 10.7 Å². The van der Waals surface area contributed by atoms with Gasteiger partial charge in [-0.1, -0.05) is 0 Å². The number of nitrogens with zero attached hydrogens (tertiary/aromatic N) is 4. The van der Waals surface area contributed by atoms with Crippen molar-refractivity contribution in [2.45, 2.75) is 12.8 Å². The molecule has 2 N–H and O–H groups in total. The fourth-order valence-electron chi connectivity index (χ4n) is 2.60. The van der Waals surface area contributed by atoms with Gasteiger partial charge in [-0.05, 0) is 26.4 Å². The van der Waals surface area contributed by atoms with Crippen LogP contribution >= 0.6 is 11.8 Å².